The first-order chi connectivity index (χ1) is 12.2. The summed E-state index contributed by atoms with van der Waals surface area (Å²) in [6.07, 6.45) is 0. The highest BCUT2D eigenvalue weighted by atomic mass is 32.2. The van der Waals surface area contributed by atoms with E-state index in [9.17, 15) is 20.0 Å². The zero-order valence-corrected chi connectivity index (χ0v) is 15.2. The number of nitrogens with one attached hydrogen (secondary N) is 1. The van der Waals surface area contributed by atoms with Gasteiger partial charge < -0.3 is 15.5 Å². The molecule has 0 aliphatic heterocycles. The lowest BCUT2D eigenvalue weighted by molar-refractivity contribution is -0.387. The van der Waals surface area contributed by atoms with Crippen molar-refractivity contribution in [3.05, 3.63) is 63.7 Å². The van der Waals surface area contributed by atoms with Gasteiger partial charge in [-0.2, -0.15) is 0 Å². The summed E-state index contributed by atoms with van der Waals surface area (Å²) in [6.45, 7) is 3.20. The van der Waals surface area contributed by atoms with E-state index in [1.165, 1.54) is 24.8 Å². The smallest absolute Gasteiger partial charge is 0.336 e. The van der Waals surface area contributed by atoms with Crippen molar-refractivity contribution in [1.82, 2.24) is 5.32 Å². The van der Waals surface area contributed by atoms with Crippen LogP contribution in [0.3, 0.4) is 0 Å². The third-order valence-corrected chi connectivity index (χ3v) is 4.80. The van der Waals surface area contributed by atoms with Crippen LogP contribution in [-0.2, 0) is 11.3 Å². The molecule has 1 unspecified atom stereocenters. The van der Waals surface area contributed by atoms with E-state index in [0.717, 1.165) is 10.5 Å². The molecule has 8 heteroatoms. The van der Waals surface area contributed by atoms with Crippen LogP contribution in [0.15, 0.2) is 52.3 Å². The van der Waals surface area contributed by atoms with Crippen molar-refractivity contribution in [2.24, 2.45) is 0 Å². The van der Waals surface area contributed by atoms with E-state index in [4.69, 9.17) is 5.11 Å². The zero-order valence-electron chi connectivity index (χ0n) is 14.4. The fourth-order valence-corrected chi connectivity index (χ4v) is 3.06. The minimum Gasteiger partial charge on any atom is -0.479 e. The van der Waals surface area contributed by atoms with Crippen molar-refractivity contribution in [2.45, 2.75) is 35.8 Å². The van der Waals surface area contributed by atoms with Gasteiger partial charge in [-0.1, -0.05) is 35.5 Å². The lowest BCUT2D eigenvalue weighted by Gasteiger charge is -2.18. The summed E-state index contributed by atoms with van der Waals surface area (Å²) >= 11 is 1.31. The van der Waals surface area contributed by atoms with Gasteiger partial charge >= 0.3 is 5.97 Å². The summed E-state index contributed by atoms with van der Waals surface area (Å²) in [7, 11) is 0. The number of carbonyl (C=O) groups is 1. The van der Waals surface area contributed by atoms with E-state index >= 15 is 0 Å². The molecule has 3 N–H and O–H groups in total. The molecule has 2 aromatic carbocycles. The Labute approximate surface area is 155 Å². The number of hydrogen-bond donors (Lipinski definition) is 3. The first-order valence-electron chi connectivity index (χ1n) is 7.87. The normalized spacial score (nSPS) is 13.2. The average Bonchev–Trinajstić information content (AvgIpc) is 2.57. The SMILES string of the molecule is Cc1ccc(Sc2ccc(CNCC(C)(O)C(=O)O)cc2[N+](=O)[O-])cc1. The van der Waals surface area contributed by atoms with E-state index in [1.54, 1.807) is 12.1 Å². The lowest BCUT2D eigenvalue weighted by atomic mass is 10.1. The molecule has 0 spiro atoms. The van der Waals surface area contributed by atoms with Gasteiger partial charge in [0.2, 0.25) is 0 Å². The Morgan fingerprint density at radius 3 is 2.50 bits per heavy atom. The van der Waals surface area contributed by atoms with Gasteiger partial charge in [-0.05, 0) is 37.6 Å². The second-order valence-electron chi connectivity index (χ2n) is 6.16. The van der Waals surface area contributed by atoms with Gasteiger partial charge in [0, 0.05) is 24.1 Å². The topological polar surface area (TPSA) is 113 Å². The third kappa shape index (κ3) is 5.29. The largest absolute Gasteiger partial charge is 0.479 e. The highest BCUT2D eigenvalue weighted by Gasteiger charge is 2.29. The number of benzene rings is 2. The number of aryl methyl sites for hydroxylation is 1. The van der Waals surface area contributed by atoms with E-state index < -0.39 is 16.5 Å². The van der Waals surface area contributed by atoms with Crippen molar-refractivity contribution >= 4 is 23.4 Å². The van der Waals surface area contributed by atoms with Crippen molar-refractivity contribution in [2.75, 3.05) is 6.54 Å². The van der Waals surface area contributed by atoms with Gasteiger partial charge in [0.1, 0.15) is 0 Å². The molecule has 0 saturated heterocycles. The minimum atomic E-state index is -1.90. The van der Waals surface area contributed by atoms with Gasteiger partial charge in [-0.15, -0.1) is 0 Å². The maximum Gasteiger partial charge on any atom is 0.336 e. The Morgan fingerprint density at radius 1 is 1.27 bits per heavy atom. The van der Waals surface area contributed by atoms with Crippen molar-refractivity contribution in [3.8, 4) is 0 Å². The molecule has 26 heavy (non-hydrogen) atoms. The van der Waals surface area contributed by atoms with Crippen molar-refractivity contribution in [1.29, 1.82) is 0 Å². The number of aliphatic carboxylic acids is 1. The number of nitro benzene ring substituents is 1. The quantitative estimate of drug-likeness (QED) is 0.479. The Balaban J connectivity index is 2.11. The molecule has 0 saturated carbocycles. The fourth-order valence-electron chi connectivity index (χ4n) is 2.16. The molecule has 0 heterocycles. The number of aliphatic hydroxyl groups is 1. The van der Waals surface area contributed by atoms with Crippen molar-refractivity contribution < 1.29 is 19.9 Å². The lowest BCUT2D eigenvalue weighted by Crippen LogP contribution is -2.44. The predicted molar refractivity (Wildman–Crippen MR) is 98.4 cm³/mol. The standard InChI is InChI=1S/C18H20N2O5S/c1-12-3-6-14(7-4-12)26-16-8-5-13(9-15(16)20(24)25)10-19-11-18(2,23)17(21)22/h3-9,19,23H,10-11H2,1-2H3,(H,21,22). The molecule has 7 nitrogen and oxygen atoms in total. The van der Waals surface area contributed by atoms with Crippen LogP contribution in [0.4, 0.5) is 5.69 Å². The number of carboxylic acids is 1. The second kappa shape index (κ2) is 8.31. The molecule has 0 bridgehead atoms. The molecule has 0 aromatic heterocycles. The number of nitrogens with zero attached hydrogens (tertiary/aromatic N) is 1. The van der Waals surface area contributed by atoms with E-state index in [0.29, 0.717) is 10.5 Å². The molecule has 0 amide bonds. The fraction of sp³-hybridized carbons (Fsp3) is 0.278. The minimum absolute atomic E-state index is 0.0140. The molecule has 0 aliphatic rings. The van der Waals surface area contributed by atoms with Crippen LogP contribution in [-0.4, -0.2) is 33.3 Å². The predicted octanol–water partition coefficient (Wildman–Crippen LogP) is 2.98. The molecule has 138 valence electrons. The summed E-state index contributed by atoms with van der Waals surface area (Å²) in [6, 6.07) is 12.6. The summed E-state index contributed by atoms with van der Waals surface area (Å²) in [4.78, 5) is 23.3. The number of rotatable bonds is 8. The highest BCUT2D eigenvalue weighted by Crippen LogP contribution is 2.35. The number of hydrogen-bond acceptors (Lipinski definition) is 6. The van der Waals surface area contributed by atoms with Gasteiger partial charge in [0.05, 0.1) is 9.82 Å². The van der Waals surface area contributed by atoms with Crippen LogP contribution in [0.25, 0.3) is 0 Å². The maximum atomic E-state index is 11.4. The van der Waals surface area contributed by atoms with Gasteiger partial charge in [0.15, 0.2) is 5.60 Å². The summed E-state index contributed by atoms with van der Waals surface area (Å²) in [5, 5.41) is 32.7. The van der Waals surface area contributed by atoms with Crippen LogP contribution in [0.2, 0.25) is 0 Å². The Hall–Kier alpha value is -2.42. The molecule has 0 radical (unpaired) electrons. The monoisotopic (exact) mass is 376 g/mol. The third-order valence-electron chi connectivity index (χ3n) is 3.73. The zero-order chi connectivity index (χ0) is 19.3. The van der Waals surface area contributed by atoms with Crippen LogP contribution < -0.4 is 5.32 Å². The molecule has 0 fully saturated rings. The van der Waals surface area contributed by atoms with Gasteiger partial charge in [-0.25, -0.2) is 4.79 Å². The van der Waals surface area contributed by atoms with Crippen LogP contribution in [0.5, 0.6) is 0 Å². The maximum absolute atomic E-state index is 11.4. The molecular weight excluding hydrogens is 356 g/mol. The summed E-state index contributed by atoms with van der Waals surface area (Å²) in [5.41, 5.74) is -0.166. The van der Waals surface area contributed by atoms with Crippen molar-refractivity contribution in [3.63, 3.8) is 0 Å². The average molecular weight is 376 g/mol. The van der Waals surface area contributed by atoms with E-state index in [2.05, 4.69) is 5.32 Å². The van der Waals surface area contributed by atoms with Gasteiger partial charge in [0.25, 0.3) is 5.69 Å². The Kier molecular flexibility index (Phi) is 6.36. The van der Waals surface area contributed by atoms with E-state index in [1.807, 2.05) is 31.2 Å². The molecule has 2 rings (SSSR count). The summed E-state index contributed by atoms with van der Waals surface area (Å²) in [5.74, 6) is -1.33. The molecule has 2 aromatic rings. The summed E-state index contributed by atoms with van der Waals surface area (Å²) < 4.78 is 0. The Morgan fingerprint density at radius 2 is 1.92 bits per heavy atom. The number of carboxylic acid groups (broad SMARTS) is 1. The molecular formula is C18H20N2O5S. The van der Waals surface area contributed by atoms with Crippen LogP contribution in [0.1, 0.15) is 18.1 Å². The van der Waals surface area contributed by atoms with Crippen LogP contribution in [0, 0.1) is 17.0 Å². The second-order valence-corrected chi connectivity index (χ2v) is 7.27. The molecule has 0 aliphatic carbocycles. The molecule has 1 atom stereocenters. The first kappa shape index (κ1) is 19.9. The Bertz CT molecular complexity index is 806. The first-order valence-corrected chi connectivity index (χ1v) is 8.69. The number of nitro groups is 1. The van der Waals surface area contributed by atoms with Crippen LogP contribution >= 0.6 is 11.8 Å². The van der Waals surface area contributed by atoms with E-state index in [-0.39, 0.29) is 18.8 Å². The van der Waals surface area contributed by atoms with Gasteiger partial charge in [-0.3, -0.25) is 10.1 Å². The highest BCUT2D eigenvalue weighted by molar-refractivity contribution is 7.99.